The van der Waals surface area contributed by atoms with E-state index in [0.29, 0.717) is 5.92 Å². The molecule has 1 aromatic heterocycles. The lowest BCUT2D eigenvalue weighted by molar-refractivity contribution is 0.492. The molecule has 3 heteroatoms. The number of nitrogens with zero attached hydrogens (tertiary/aromatic N) is 3. The van der Waals surface area contributed by atoms with E-state index in [1.165, 1.54) is 37.8 Å². The molecule has 0 unspecified atom stereocenters. The predicted octanol–water partition coefficient (Wildman–Crippen LogP) is 3.45. The molecule has 0 saturated heterocycles. The van der Waals surface area contributed by atoms with Crippen molar-refractivity contribution in [3.8, 4) is 0 Å². The normalized spacial score (nSPS) is 11.2. The molecule has 0 radical (unpaired) electrons. The van der Waals surface area contributed by atoms with Crippen molar-refractivity contribution >= 4 is 0 Å². The highest BCUT2D eigenvalue weighted by atomic mass is 15.4. The summed E-state index contributed by atoms with van der Waals surface area (Å²) in [4.78, 5) is 0. The molecule has 0 atom stereocenters. The Kier molecular flexibility index (Phi) is 6.12. The molecule has 1 heterocycles. The topological polar surface area (TPSA) is 30.7 Å². The van der Waals surface area contributed by atoms with Crippen LogP contribution in [0.3, 0.4) is 0 Å². The quantitative estimate of drug-likeness (QED) is 0.632. The van der Waals surface area contributed by atoms with Gasteiger partial charge in [0.25, 0.3) is 0 Å². The maximum absolute atomic E-state index is 4.15. The number of hydrogen-bond donors (Lipinski definition) is 0. The van der Waals surface area contributed by atoms with E-state index in [1.54, 1.807) is 0 Å². The van der Waals surface area contributed by atoms with E-state index >= 15 is 0 Å². The van der Waals surface area contributed by atoms with Crippen molar-refractivity contribution in [3.63, 3.8) is 0 Å². The Balaban J connectivity index is 2.27. The summed E-state index contributed by atoms with van der Waals surface area (Å²) in [6.07, 6.45) is 9.56. The second-order valence-corrected chi connectivity index (χ2v) is 4.96. The molecule has 0 aliphatic heterocycles. The fourth-order valence-corrected chi connectivity index (χ4v) is 1.91. The van der Waals surface area contributed by atoms with E-state index < -0.39 is 0 Å². The SMILES string of the molecule is CCCCCCCn1nncc1CC(C)C. The first-order chi connectivity index (χ1) is 7.74. The molecule has 0 amide bonds. The minimum atomic E-state index is 0.678. The van der Waals surface area contributed by atoms with Crippen LogP contribution in [-0.2, 0) is 13.0 Å². The molecule has 0 aliphatic carbocycles. The maximum Gasteiger partial charge on any atom is 0.0725 e. The standard InChI is InChI=1S/C13H25N3/c1-4-5-6-7-8-9-16-13(10-12(2)3)11-14-15-16/h11-12H,4-10H2,1-3H3. The zero-order chi connectivity index (χ0) is 11.8. The Morgan fingerprint density at radius 2 is 1.94 bits per heavy atom. The van der Waals surface area contributed by atoms with Gasteiger partial charge in [0.2, 0.25) is 0 Å². The van der Waals surface area contributed by atoms with Crippen molar-refractivity contribution < 1.29 is 0 Å². The molecular weight excluding hydrogens is 198 g/mol. The number of aryl methyl sites for hydroxylation is 1. The number of rotatable bonds is 8. The van der Waals surface area contributed by atoms with E-state index in [9.17, 15) is 0 Å². The summed E-state index contributed by atoms with van der Waals surface area (Å²) in [5.41, 5.74) is 1.28. The molecule has 1 rings (SSSR count). The summed E-state index contributed by atoms with van der Waals surface area (Å²) in [6, 6.07) is 0. The third-order valence-corrected chi connectivity index (χ3v) is 2.79. The molecule has 0 N–H and O–H groups in total. The van der Waals surface area contributed by atoms with Gasteiger partial charge in [-0.1, -0.05) is 51.7 Å². The Hall–Kier alpha value is -0.860. The van der Waals surface area contributed by atoms with Crippen LogP contribution >= 0.6 is 0 Å². The molecule has 16 heavy (non-hydrogen) atoms. The smallest absolute Gasteiger partial charge is 0.0725 e. The van der Waals surface area contributed by atoms with Crippen molar-refractivity contribution in [1.29, 1.82) is 0 Å². The van der Waals surface area contributed by atoms with Crippen molar-refractivity contribution in [2.24, 2.45) is 5.92 Å². The van der Waals surface area contributed by atoms with Crippen molar-refractivity contribution in [1.82, 2.24) is 15.0 Å². The van der Waals surface area contributed by atoms with Crippen molar-refractivity contribution in [2.45, 2.75) is 65.8 Å². The van der Waals surface area contributed by atoms with Gasteiger partial charge in [-0.3, -0.25) is 0 Å². The van der Waals surface area contributed by atoms with E-state index in [2.05, 4.69) is 35.8 Å². The van der Waals surface area contributed by atoms with Gasteiger partial charge >= 0.3 is 0 Å². The molecule has 3 nitrogen and oxygen atoms in total. The van der Waals surface area contributed by atoms with Crippen LogP contribution < -0.4 is 0 Å². The first-order valence-corrected chi connectivity index (χ1v) is 6.61. The van der Waals surface area contributed by atoms with Gasteiger partial charge in [-0.2, -0.15) is 0 Å². The number of aromatic nitrogens is 3. The van der Waals surface area contributed by atoms with Crippen LogP contribution in [0.2, 0.25) is 0 Å². The highest BCUT2D eigenvalue weighted by Crippen LogP contribution is 2.08. The third-order valence-electron chi connectivity index (χ3n) is 2.79. The summed E-state index contributed by atoms with van der Waals surface area (Å²) >= 11 is 0. The zero-order valence-corrected chi connectivity index (χ0v) is 10.9. The average Bonchev–Trinajstić information content (AvgIpc) is 2.64. The lowest BCUT2D eigenvalue weighted by Gasteiger charge is -2.07. The Bertz CT molecular complexity index is 278. The van der Waals surface area contributed by atoms with Gasteiger partial charge in [-0.25, -0.2) is 4.68 Å². The van der Waals surface area contributed by atoms with Crippen LogP contribution in [-0.4, -0.2) is 15.0 Å². The third kappa shape index (κ3) is 4.77. The molecule has 0 saturated carbocycles. The van der Waals surface area contributed by atoms with E-state index in [-0.39, 0.29) is 0 Å². The molecule has 0 spiro atoms. The molecule has 92 valence electrons. The van der Waals surface area contributed by atoms with Crippen LogP contribution in [0.15, 0.2) is 6.20 Å². The minimum Gasteiger partial charge on any atom is -0.249 e. The van der Waals surface area contributed by atoms with Gasteiger partial charge in [-0.05, 0) is 18.8 Å². The first kappa shape index (κ1) is 13.2. The van der Waals surface area contributed by atoms with Crippen LogP contribution in [0.4, 0.5) is 0 Å². The minimum absolute atomic E-state index is 0.678. The summed E-state index contributed by atoms with van der Waals surface area (Å²) in [5, 5.41) is 8.16. The van der Waals surface area contributed by atoms with Gasteiger partial charge in [0, 0.05) is 6.54 Å². The largest absolute Gasteiger partial charge is 0.249 e. The summed E-state index contributed by atoms with van der Waals surface area (Å²) in [6.45, 7) is 7.75. The first-order valence-electron chi connectivity index (χ1n) is 6.61. The zero-order valence-electron chi connectivity index (χ0n) is 10.9. The molecule has 1 aromatic rings. The summed E-state index contributed by atoms with van der Waals surface area (Å²) in [5.74, 6) is 0.678. The molecule has 0 bridgehead atoms. The number of hydrogen-bond acceptors (Lipinski definition) is 2. The van der Waals surface area contributed by atoms with Gasteiger partial charge in [0.1, 0.15) is 0 Å². The molecular formula is C13H25N3. The second-order valence-electron chi connectivity index (χ2n) is 4.96. The second kappa shape index (κ2) is 7.42. The van der Waals surface area contributed by atoms with Crippen molar-refractivity contribution in [2.75, 3.05) is 0 Å². The summed E-state index contributed by atoms with van der Waals surface area (Å²) in [7, 11) is 0. The number of unbranched alkanes of at least 4 members (excludes halogenated alkanes) is 4. The van der Waals surface area contributed by atoms with Gasteiger partial charge < -0.3 is 0 Å². The lowest BCUT2D eigenvalue weighted by atomic mass is 10.1. The van der Waals surface area contributed by atoms with Crippen LogP contribution in [0.5, 0.6) is 0 Å². The Labute approximate surface area is 99.2 Å². The van der Waals surface area contributed by atoms with E-state index in [1.807, 2.05) is 6.20 Å². The van der Waals surface area contributed by atoms with E-state index in [0.717, 1.165) is 13.0 Å². The predicted molar refractivity (Wildman–Crippen MR) is 67.3 cm³/mol. The molecule has 0 aliphatic rings. The molecule has 0 fully saturated rings. The van der Waals surface area contributed by atoms with Crippen LogP contribution in [0.1, 0.15) is 58.6 Å². The van der Waals surface area contributed by atoms with Gasteiger partial charge in [0.15, 0.2) is 0 Å². The Morgan fingerprint density at radius 1 is 1.19 bits per heavy atom. The van der Waals surface area contributed by atoms with Crippen LogP contribution in [0, 0.1) is 5.92 Å². The lowest BCUT2D eigenvalue weighted by Crippen LogP contribution is -2.07. The maximum atomic E-state index is 4.15. The highest BCUT2D eigenvalue weighted by Gasteiger charge is 2.05. The molecule has 0 aromatic carbocycles. The fourth-order valence-electron chi connectivity index (χ4n) is 1.91. The average molecular weight is 223 g/mol. The monoisotopic (exact) mass is 223 g/mol. The van der Waals surface area contributed by atoms with Gasteiger partial charge in [0.05, 0.1) is 11.9 Å². The Morgan fingerprint density at radius 3 is 2.62 bits per heavy atom. The highest BCUT2D eigenvalue weighted by molar-refractivity contribution is 4.94. The van der Waals surface area contributed by atoms with Crippen LogP contribution in [0.25, 0.3) is 0 Å². The van der Waals surface area contributed by atoms with Crippen molar-refractivity contribution in [3.05, 3.63) is 11.9 Å². The van der Waals surface area contributed by atoms with Gasteiger partial charge in [-0.15, -0.1) is 5.10 Å². The van der Waals surface area contributed by atoms with E-state index in [4.69, 9.17) is 0 Å². The summed E-state index contributed by atoms with van der Waals surface area (Å²) < 4.78 is 2.08. The fraction of sp³-hybridized carbons (Fsp3) is 0.846.